The van der Waals surface area contributed by atoms with Crippen LogP contribution in [0.1, 0.15) is 37.8 Å². The van der Waals surface area contributed by atoms with E-state index in [0.29, 0.717) is 18.7 Å². The summed E-state index contributed by atoms with van der Waals surface area (Å²) in [5.74, 6) is -0.705. The molecule has 202 valence electrons. The fourth-order valence-electron chi connectivity index (χ4n) is 4.03. The molecule has 3 rings (SSSR count). The molecule has 0 radical (unpaired) electrons. The van der Waals surface area contributed by atoms with Crippen molar-refractivity contribution in [3.8, 4) is 0 Å². The Labute approximate surface area is 239 Å². The molecule has 1 atom stereocenters. The van der Waals surface area contributed by atoms with Crippen LogP contribution in [0, 0.1) is 10.5 Å². The first-order valence-corrected chi connectivity index (χ1v) is 15.1. The fourth-order valence-corrected chi connectivity index (χ4v) is 5.83. The first-order chi connectivity index (χ1) is 18.2. The third kappa shape index (κ3) is 7.57. The molecule has 0 heterocycles. The molecule has 1 unspecified atom stereocenters. The van der Waals surface area contributed by atoms with Crippen LogP contribution in [0.25, 0.3) is 0 Å². The van der Waals surface area contributed by atoms with Gasteiger partial charge in [0.25, 0.3) is 10.0 Å². The third-order valence-electron chi connectivity index (χ3n) is 6.13. The van der Waals surface area contributed by atoms with Gasteiger partial charge in [-0.1, -0.05) is 61.9 Å². The number of nitrogens with zero attached hydrogens (tertiary/aromatic N) is 2. The molecule has 0 bridgehead atoms. The number of anilines is 1. The van der Waals surface area contributed by atoms with Crippen molar-refractivity contribution in [3.05, 3.63) is 93.6 Å². The molecular weight excluding hydrogens is 613 g/mol. The highest BCUT2D eigenvalue weighted by Crippen LogP contribution is 2.25. The number of amides is 2. The Hall–Kier alpha value is -2.92. The highest BCUT2D eigenvalue weighted by molar-refractivity contribution is 14.1. The Balaban J connectivity index is 2.02. The summed E-state index contributed by atoms with van der Waals surface area (Å²) in [7, 11) is -4.06. The van der Waals surface area contributed by atoms with E-state index in [1.807, 2.05) is 45.0 Å². The van der Waals surface area contributed by atoms with Crippen LogP contribution in [-0.4, -0.2) is 44.3 Å². The normalized spacial score (nSPS) is 12.0. The van der Waals surface area contributed by atoms with Crippen molar-refractivity contribution in [2.24, 2.45) is 0 Å². The van der Waals surface area contributed by atoms with Crippen LogP contribution >= 0.6 is 22.6 Å². The summed E-state index contributed by atoms with van der Waals surface area (Å²) < 4.78 is 29.6. The van der Waals surface area contributed by atoms with Crippen molar-refractivity contribution in [1.82, 2.24) is 10.2 Å². The molecule has 0 aliphatic heterocycles. The van der Waals surface area contributed by atoms with Crippen LogP contribution < -0.4 is 9.62 Å². The van der Waals surface area contributed by atoms with Gasteiger partial charge in [0, 0.05) is 16.7 Å². The number of hydrogen-bond donors (Lipinski definition) is 1. The molecule has 38 heavy (non-hydrogen) atoms. The van der Waals surface area contributed by atoms with Gasteiger partial charge in [-0.25, -0.2) is 8.42 Å². The molecule has 0 aromatic heterocycles. The van der Waals surface area contributed by atoms with Crippen molar-refractivity contribution in [2.45, 2.75) is 51.1 Å². The van der Waals surface area contributed by atoms with Crippen LogP contribution in [0.3, 0.4) is 0 Å². The number of carbonyl (C=O) groups is 2. The Bertz CT molecular complexity index is 1310. The summed E-state index contributed by atoms with van der Waals surface area (Å²) in [6, 6.07) is 22.0. The quantitative estimate of drug-likeness (QED) is 0.277. The van der Waals surface area contributed by atoms with Crippen molar-refractivity contribution < 1.29 is 18.0 Å². The van der Waals surface area contributed by atoms with E-state index in [1.165, 1.54) is 17.0 Å². The Kier molecular flexibility index (Phi) is 10.7. The zero-order valence-corrected chi connectivity index (χ0v) is 24.9. The number of carbonyl (C=O) groups excluding carboxylic acids is 2. The average Bonchev–Trinajstić information content (AvgIpc) is 2.92. The van der Waals surface area contributed by atoms with Crippen LogP contribution in [0.15, 0.2) is 83.8 Å². The van der Waals surface area contributed by atoms with Gasteiger partial charge in [-0.3, -0.25) is 13.9 Å². The molecule has 0 aliphatic carbocycles. The van der Waals surface area contributed by atoms with Crippen molar-refractivity contribution in [1.29, 1.82) is 0 Å². The lowest BCUT2D eigenvalue weighted by atomic mass is 10.1. The van der Waals surface area contributed by atoms with Gasteiger partial charge >= 0.3 is 0 Å². The zero-order valence-electron chi connectivity index (χ0n) is 21.9. The summed E-state index contributed by atoms with van der Waals surface area (Å²) in [5.41, 5.74) is 2.32. The Morgan fingerprint density at radius 3 is 2.13 bits per heavy atom. The number of aryl methyl sites for hydroxylation is 1. The predicted octanol–water partition coefficient (Wildman–Crippen LogP) is 5.13. The maximum atomic E-state index is 14.0. The topological polar surface area (TPSA) is 86.8 Å². The largest absolute Gasteiger partial charge is 0.354 e. The molecule has 3 aromatic carbocycles. The number of hydrogen-bond acceptors (Lipinski definition) is 4. The van der Waals surface area contributed by atoms with E-state index in [4.69, 9.17) is 0 Å². The predicted molar refractivity (Wildman–Crippen MR) is 159 cm³/mol. The van der Waals surface area contributed by atoms with Crippen molar-refractivity contribution in [2.75, 3.05) is 17.4 Å². The highest BCUT2D eigenvalue weighted by atomic mass is 127. The number of rotatable bonds is 12. The number of benzene rings is 3. The number of halogens is 1. The minimum absolute atomic E-state index is 0.0872. The molecule has 2 amide bonds. The molecule has 0 fully saturated rings. The van der Waals surface area contributed by atoms with Crippen molar-refractivity contribution in [3.63, 3.8) is 0 Å². The van der Waals surface area contributed by atoms with Crippen LogP contribution in [0.4, 0.5) is 5.69 Å². The summed E-state index contributed by atoms with van der Waals surface area (Å²) in [6.07, 6.45) is 1.16. The van der Waals surface area contributed by atoms with Gasteiger partial charge in [-0.2, -0.15) is 0 Å². The molecule has 0 aliphatic rings. The molecule has 7 nitrogen and oxygen atoms in total. The van der Waals surface area contributed by atoms with Gasteiger partial charge in [0.1, 0.15) is 12.6 Å². The molecule has 0 spiro atoms. The second-order valence-electron chi connectivity index (χ2n) is 9.02. The minimum atomic E-state index is -4.06. The third-order valence-corrected chi connectivity index (χ3v) is 8.64. The van der Waals surface area contributed by atoms with Gasteiger partial charge in [0.15, 0.2) is 0 Å². The van der Waals surface area contributed by atoms with Crippen LogP contribution in [-0.2, 0) is 26.2 Å². The van der Waals surface area contributed by atoms with E-state index in [-0.39, 0.29) is 17.3 Å². The lowest BCUT2D eigenvalue weighted by Gasteiger charge is -2.33. The average molecular weight is 648 g/mol. The van der Waals surface area contributed by atoms with Gasteiger partial charge in [0.05, 0.1) is 10.6 Å². The van der Waals surface area contributed by atoms with Gasteiger partial charge < -0.3 is 10.2 Å². The molecule has 0 saturated heterocycles. The standard InChI is InChI=1S/C29H34IN3O4S/c1-4-19-31-29(35)27(5-2)32(20-23-13-11-22(3)12-14-23)28(34)21-33(25-17-15-24(30)16-18-25)38(36,37)26-9-7-6-8-10-26/h6-18,27H,4-5,19-21H2,1-3H3,(H,31,35). The van der Waals surface area contributed by atoms with Gasteiger partial charge in [-0.15, -0.1) is 0 Å². The van der Waals surface area contributed by atoms with E-state index in [1.54, 1.807) is 42.5 Å². The van der Waals surface area contributed by atoms with Gasteiger partial charge in [0.2, 0.25) is 11.8 Å². The summed E-state index contributed by atoms with van der Waals surface area (Å²) in [4.78, 5) is 28.6. The maximum absolute atomic E-state index is 14.0. The van der Waals surface area contributed by atoms with Gasteiger partial charge in [-0.05, 0) is 84.3 Å². The smallest absolute Gasteiger partial charge is 0.264 e. The lowest BCUT2D eigenvalue weighted by molar-refractivity contribution is -0.140. The SMILES string of the molecule is CCCNC(=O)C(CC)N(Cc1ccc(C)cc1)C(=O)CN(c1ccc(I)cc1)S(=O)(=O)c1ccccc1. The van der Waals surface area contributed by atoms with E-state index in [0.717, 1.165) is 25.4 Å². The molecule has 1 N–H and O–H groups in total. The summed E-state index contributed by atoms with van der Waals surface area (Å²) in [6.45, 7) is 6.03. The van der Waals surface area contributed by atoms with E-state index in [9.17, 15) is 18.0 Å². The van der Waals surface area contributed by atoms with E-state index >= 15 is 0 Å². The maximum Gasteiger partial charge on any atom is 0.264 e. The van der Waals surface area contributed by atoms with Crippen LogP contribution in [0.2, 0.25) is 0 Å². The lowest BCUT2D eigenvalue weighted by Crippen LogP contribution is -2.52. The molecule has 9 heteroatoms. The monoisotopic (exact) mass is 647 g/mol. The molecule has 0 saturated carbocycles. The number of sulfonamides is 1. The van der Waals surface area contributed by atoms with E-state index in [2.05, 4.69) is 27.9 Å². The Morgan fingerprint density at radius 1 is 0.921 bits per heavy atom. The Morgan fingerprint density at radius 2 is 1.55 bits per heavy atom. The first-order valence-electron chi connectivity index (χ1n) is 12.6. The van der Waals surface area contributed by atoms with E-state index < -0.39 is 28.5 Å². The second kappa shape index (κ2) is 13.7. The fraction of sp³-hybridized carbons (Fsp3) is 0.310. The zero-order chi connectivity index (χ0) is 27.7. The summed E-state index contributed by atoms with van der Waals surface area (Å²) >= 11 is 2.15. The highest BCUT2D eigenvalue weighted by Gasteiger charge is 2.33. The van der Waals surface area contributed by atoms with Crippen LogP contribution in [0.5, 0.6) is 0 Å². The summed E-state index contributed by atoms with van der Waals surface area (Å²) in [5, 5.41) is 2.90. The number of nitrogens with one attached hydrogen (secondary N) is 1. The molecule has 3 aromatic rings. The first kappa shape index (κ1) is 29.6. The second-order valence-corrected chi connectivity index (χ2v) is 12.1. The van der Waals surface area contributed by atoms with Crippen molar-refractivity contribution >= 4 is 50.1 Å². The molecular formula is C29H34IN3O4S. The minimum Gasteiger partial charge on any atom is -0.354 e.